The number of amidine groups is 1. The van der Waals surface area contributed by atoms with Crippen LogP contribution in [0.2, 0.25) is 0 Å². The number of benzene rings is 1. The monoisotopic (exact) mass is 322 g/mol. The standard InChI is InChI=1S/C15H22N4O2S/c1-11(10-16)15(17-2)18-13-8-3-4-9-14(13)22(20,21)19-12-6-5-7-12/h3-4,8-10,12,19H,5-7,16H2,1-2H3,(H,17,18). The van der Waals surface area contributed by atoms with E-state index in [0.717, 1.165) is 24.8 Å². The van der Waals surface area contributed by atoms with Crippen molar-refractivity contribution in [3.8, 4) is 0 Å². The van der Waals surface area contributed by atoms with Crippen LogP contribution in [0.3, 0.4) is 0 Å². The number of para-hydroxylation sites is 1. The van der Waals surface area contributed by atoms with Crippen molar-refractivity contribution < 1.29 is 8.42 Å². The van der Waals surface area contributed by atoms with Gasteiger partial charge in [-0.25, -0.2) is 13.1 Å². The van der Waals surface area contributed by atoms with Crippen molar-refractivity contribution in [3.63, 3.8) is 0 Å². The molecule has 7 heteroatoms. The van der Waals surface area contributed by atoms with Gasteiger partial charge in [-0.3, -0.25) is 4.99 Å². The molecule has 0 atom stereocenters. The van der Waals surface area contributed by atoms with Gasteiger partial charge < -0.3 is 11.1 Å². The first kappa shape index (κ1) is 16.5. The first-order chi connectivity index (χ1) is 10.5. The second-order valence-corrected chi connectivity index (χ2v) is 6.97. The summed E-state index contributed by atoms with van der Waals surface area (Å²) < 4.78 is 27.8. The smallest absolute Gasteiger partial charge is 0.242 e. The third kappa shape index (κ3) is 3.66. The zero-order valence-corrected chi connectivity index (χ0v) is 13.7. The Labute approximate surface area is 131 Å². The predicted molar refractivity (Wildman–Crippen MR) is 89.3 cm³/mol. The number of aliphatic imine (C=N–C) groups is 1. The largest absolute Gasteiger partial charge is 0.404 e. The van der Waals surface area contributed by atoms with Gasteiger partial charge >= 0.3 is 0 Å². The van der Waals surface area contributed by atoms with Crippen LogP contribution < -0.4 is 15.8 Å². The van der Waals surface area contributed by atoms with Crippen LogP contribution in [0.15, 0.2) is 45.9 Å². The van der Waals surface area contributed by atoms with Gasteiger partial charge in [0.1, 0.15) is 10.7 Å². The van der Waals surface area contributed by atoms with Crippen LogP contribution in [0.4, 0.5) is 5.69 Å². The van der Waals surface area contributed by atoms with E-state index in [4.69, 9.17) is 5.73 Å². The molecule has 1 saturated carbocycles. The summed E-state index contributed by atoms with van der Waals surface area (Å²) in [7, 11) is -1.93. The summed E-state index contributed by atoms with van der Waals surface area (Å²) in [5, 5.41) is 3.05. The van der Waals surface area contributed by atoms with Crippen molar-refractivity contribution in [2.24, 2.45) is 10.7 Å². The Morgan fingerprint density at radius 1 is 1.36 bits per heavy atom. The summed E-state index contributed by atoms with van der Waals surface area (Å²) >= 11 is 0. The molecule has 0 aromatic heterocycles. The zero-order chi connectivity index (χ0) is 16.2. The molecule has 0 heterocycles. The fourth-order valence-electron chi connectivity index (χ4n) is 2.15. The van der Waals surface area contributed by atoms with Crippen LogP contribution in [-0.2, 0) is 10.0 Å². The SMILES string of the molecule is CN=C(Nc1ccccc1S(=O)(=O)NC1CCC1)C(C)=CN. The molecule has 0 spiro atoms. The van der Waals surface area contributed by atoms with E-state index in [2.05, 4.69) is 15.0 Å². The second kappa shape index (κ2) is 6.93. The van der Waals surface area contributed by atoms with Gasteiger partial charge in [-0.05, 0) is 31.9 Å². The Hall–Kier alpha value is -1.86. The lowest BCUT2D eigenvalue weighted by molar-refractivity contribution is 0.383. The Morgan fingerprint density at radius 3 is 2.59 bits per heavy atom. The average molecular weight is 322 g/mol. The van der Waals surface area contributed by atoms with E-state index in [1.165, 1.54) is 6.20 Å². The third-order valence-corrected chi connectivity index (χ3v) is 5.28. The van der Waals surface area contributed by atoms with Crippen molar-refractivity contribution >= 4 is 21.5 Å². The maximum absolute atomic E-state index is 12.5. The molecule has 0 amide bonds. The molecule has 0 radical (unpaired) electrons. The van der Waals surface area contributed by atoms with Crippen molar-refractivity contribution in [2.75, 3.05) is 12.4 Å². The predicted octanol–water partition coefficient (Wildman–Crippen LogP) is 1.82. The molecule has 120 valence electrons. The van der Waals surface area contributed by atoms with Gasteiger partial charge in [-0.1, -0.05) is 18.6 Å². The number of sulfonamides is 1. The average Bonchev–Trinajstić information content (AvgIpc) is 2.48. The molecule has 1 aromatic carbocycles. The molecule has 1 fully saturated rings. The Kier molecular flexibility index (Phi) is 5.20. The first-order valence-electron chi connectivity index (χ1n) is 7.22. The highest BCUT2D eigenvalue weighted by Crippen LogP contribution is 2.25. The minimum Gasteiger partial charge on any atom is -0.404 e. The van der Waals surface area contributed by atoms with Gasteiger partial charge in [0.05, 0.1) is 5.69 Å². The molecule has 0 unspecified atom stereocenters. The highest BCUT2D eigenvalue weighted by molar-refractivity contribution is 7.89. The number of nitrogens with one attached hydrogen (secondary N) is 2. The van der Waals surface area contributed by atoms with Crippen molar-refractivity contribution in [1.82, 2.24) is 4.72 Å². The molecule has 0 bridgehead atoms. The van der Waals surface area contributed by atoms with Crippen LogP contribution in [-0.4, -0.2) is 27.3 Å². The van der Waals surface area contributed by atoms with Crippen molar-refractivity contribution in [1.29, 1.82) is 0 Å². The highest BCUT2D eigenvalue weighted by Gasteiger charge is 2.26. The highest BCUT2D eigenvalue weighted by atomic mass is 32.2. The topological polar surface area (TPSA) is 96.6 Å². The summed E-state index contributed by atoms with van der Waals surface area (Å²) in [5.41, 5.74) is 6.72. The van der Waals surface area contributed by atoms with Crippen molar-refractivity contribution in [3.05, 3.63) is 36.0 Å². The van der Waals surface area contributed by atoms with E-state index >= 15 is 0 Å². The minimum absolute atomic E-state index is 0.0445. The van der Waals surface area contributed by atoms with Gasteiger partial charge in [0.2, 0.25) is 10.0 Å². The molecule has 4 N–H and O–H groups in total. The van der Waals surface area contributed by atoms with Crippen LogP contribution in [0.1, 0.15) is 26.2 Å². The van der Waals surface area contributed by atoms with E-state index in [1.807, 2.05) is 0 Å². The maximum atomic E-state index is 12.5. The van der Waals surface area contributed by atoms with E-state index < -0.39 is 10.0 Å². The number of anilines is 1. The van der Waals surface area contributed by atoms with Gasteiger partial charge in [-0.2, -0.15) is 0 Å². The van der Waals surface area contributed by atoms with Gasteiger partial charge in [0.25, 0.3) is 0 Å². The molecule has 1 aliphatic carbocycles. The molecule has 2 rings (SSSR count). The van der Waals surface area contributed by atoms with E-state index in [0.29, 0.717) is 11.5 Å². The lowest BCUT2D eigenvalue weighted by Crippen LogP contribution is -2.39. The third-order valence-electron chi connectivity index (χ3n) is 3.70. The fraction of sp³-hybridized carbons (Fsp3) is 0.400. The lowest BCUT2D eigenvalue weighted by atomic mass is 9.94. The molecular weight excluding hydrogens is 300 g/mol. The Bertz CT molecular complexity index is 691. The molecular formula is C15H22N4O2S. The van der Waals surface area contributed by atoms with Crippen LogP contribution in [0.25, 0.3) is 0 Å². The Balaban J connectivity index is 2.30. The summed E-state index contributed by atoms with van der Waals surface area (Å²) in [6.07, 6.45) is 4.29. The maximum Gasteiger partial charge on any atom is 0.242 e. The number of nitrogens with zero attached hydrogens (tertiary/aromatic N) is 1. The quantitative estimate of drug-likeness (QED) is 0.569. The summed E-state index contributed by atoms with van der Waals surface area (Å²) in [5.74, 6) is 0.536. The minimum atomic E-state index is -3.56. The van der Waals surface area contributed by atoms with E-state index in [-0.39, 0.29) is 10.9 Å². The fourth-order valence-corrected chi connectivity index (χ4v) is 3.62. The van der Waals surface area contributed by atoms with Crippen LogP contribution in [0, 0.1) is 0 Å². The van der Waals surface area contributed by atoms with Gasteiger partial charge in [-0.15, -0.1) is 0 Å². The van der Waals surface area contributed by atoms with E-state index in [9.17, 15) is 8.42 Å². The lowest BCUT2D eigenvalue weighted by Gasteiger charge is -2.26. The first-order valence-corrected chi connectivity index (χ1v) is 8.70. The van der Waals surface area contributed by atoms with Gasteiger partial charge in [0.15, 0.2) is 0 Å². The normalized spacial score (nSPS) is 17.2. The van der Waals surface area contributed by atoms with Crippen LogP contribution in [0.5, 0.6) is 0 Å². The molecule has 22 heavy (non-hydrogen) atoms. The summed E-state index contributed by atoms with van der Waals surface area (Å²) in [4.78, 5) is 4.32. The summed E-state index contributed by atoms with van der Waals surface area (Å²) in [6.45, 7) is 1.80. The number of hydrogen-bond acceptors (Lipinski definition) is 4. The van der Waals surface area contributed by atoms with Crippen LogP contribution >= 0.6 is 0 Å². The molecule has 1 aliphatic rings. The molecule has 0 aliphatic heterocycles. The second-order valence-electron chi connectivity index (χ2n) is 5.29. The van der Waals surface area contributed by atoms with Gasteiger partial charge in [0, 0.05) is 24.9 Å². The zero-order valence-electron chi connectivity index (χ0n) is 12.8. The number of hydrogen-bond donors (Lipinski definition) is 3. The molecule has 0 saturated heterocycles. The molecule has 6 nitrogen and oxygen atoms in total. The summed E-state index contributed by atoms with van der Waals surface area (Å²) in [6, 6.07) is 6.82. The van der Waals surface area contributed by atoms with E-state index in [1.54, 1.807) is 38.2 Å². The number of nitrogens with two attached hydrogens (primary N) is 1. The molecule has 1 aromatic rings. The Morgan fingerprint density at radius 2 is 2.05 bits per heavy atom. The number of rotatable bonds is 5. The van der Waals surface area contributed by atoms with Crippen molar-refractivity contribution in [2.45, 2.75) is 37.1 Å².